The Morgan fingerprint density at radius 2 is 1.39 bits per heavy atom. The first kappa shape index (κ1) is 21.0. The minimum absolute atomic E-state index is 0.294. The van der Waals surface area contributed by atoms with Crippen LogP contribution in [-0.4, -0.2) is 10.8 Å². The van der Waals surface area contributed by atoms with Crippen LogP contribution in [0, 0.1) is 0 Å². The summed E-state index contributed by atoms with van der Waals surface area (Å²) in [7, 11) is 0. The molecule has 4 nitrogen and oxygen atoms in total. The van der Waals surface area contributed by atoms with Gasteiger partial charge in [-0.3, -0.25) is 4.79 Å². The van der Waals surface area contributed by atoms with Gasteiger partial charge < -0.3 is 9.47 Å². The van der Waals surface area contributed by atoms with Crippen molar-refractivity contribution in [2.75, 3.05) is 0 Å². The molecule has 1 aromatic heterocycles. The summed E-state index contributed by atoms with van der Waals surface area (Å²) < 4.78 is 12.1. The van der Waals surface area contributed by atoms with Crippen LogP contribution in [0.5, 0.6) is 11.8 Å². The van der Waals surface area contributed by atoms with Crippen LogP contribution in [-0.2, 0) is 30.8 Å². The molecule has 1 aliphatic carbocycles. The predicted molar refractivity (Wildman–Crippen MR) is 128 cm³/mol. The Morgan fingerprint density at radius 3 is 2.12 bits per heavy atom. The zero-order valence-electron chi connectivity index (χ0n) is 18.4. The number of carbonyl (C=O) groups excluding carboxylic acids is 1. The fraction of sp³-hybridized carbons (Fsp3) is 0.172. The van der Waals surface area contributed by atoms with Crippen LogP contribution in [0.1, 0.15) is 28.7 Å². The molecule has 0 atom stereocenters. The number of pyridine rings is 1. The Hall–Kier alpha value is -3.92. The number of aromatic nitrogens is 1. The summed E-state index contributed by atoms with van der Waals surface area (Å²) in [4.78, 5) is 16.7. The average Bonchev–Trinajstić information content (AvgIpc) is 2.87. The Labute approximate surface area is 193 Å². The minimum Gasteiger partial charge on any atom is -0.473 e. The van der Waals surface area contributed by atoms with E-state index in [-0.39, 0.29) is 0 Å². The smallest absolute Gasteiger partial charge is 0.225 e. The lowest BCUT2D eigenvalue weighted by Gasteiger charge is -2.17. The lowest BCUT2D eigenvalue weighted by Crippen LogP contribution is -2.13. The van der Waals surface area contributed by atoms with Crippen molar-refractivity contribution in [3.63, 3.8) is 0 Å². The first-order valence-electron chi connectivity index (χ1n) is 11.2. The molecule has 4 heteroatoms. The lowest BCUT2D eigenvalue weighted by atomic mass is 9.88. The quantitative estimate of drug-likeness (QED) is 0.359. The maximum Gasteiger partial charge on any atom is 0.225 e. The third-order valence-corrected chi connectivity index (χ3v) is 5.86. The molecule has 4 aromatic rings. The molecule has 0 radical (unpaired) electrons. The number of hydrogen-bond acceptors (Lipinski definition) is 4. The number of ether oxygens (including phenoxy) is 2. The van der Waals surface area contributed by atoms with Gasteiger partial charge in [-0.15, -0.1) is 0 Å². The number of carbonyl (C=O) groups is 1. The Morgan fingerprint density at radius 1 is 0.697 bits per heavy atom. The maximum absolute atomic E-state index is 12.0. The largest absolute Gasteiger partial charge is 0.473 e. The van der Waals surface area contributed by atoms with Crippen LogP contribution < -0.4 is 9.47 Å². The van der Waals surface area contributed by atoms with Crippen molar-refractivity contribution in [2.24, 2.45) is 0 Å². The van der Waals surface area contributed by atoms with Gasteiger partial charge in [-0.1, -0.05) is 78.9 Å². The molecule has 33 heavy (non-hydrogen) atoms. The zero-order valence-corrected chi connectivity index (χ0v) is 18.4. The Kier molecular flexibility index (Phi) is 6.16. The molecule has 0 fully saturated rings. The number of hydrogen-bond donors (Lipinski definition) is 0. The number of benzene rings is 3. The van der Waals surface area contributed by atoms with Crippen molar-refractivity contribution >= 4 is 5.78 Å². The highest BCUT2D eigenvalue weighted by molar-refractivity contribution is 5.84. The number of fused-ring (bicyclic) bond motifs is 1. The van der Waals surface area contributed by atoms with E-state index in [0.29, 0.717) is 43.6 Å². The standard InChI is InChI=1S/C29H25NO3/c31-26-14-13-23-11-12-24(17-25(23)18-26)27-15-16-28(32-19-21-7-3-1-4-8-21)30-29(27)33-20-22-9-5-2-6-10-22/h1-12,15-17H,13-14,18-20H2. The monoisotopic (exact) mass is 435 g/mol. The second-order valence-corrected chi connectivity index (χ2v) is 8.25. The summed E-state index contributed by atoms with van der Waals surface area (Å²) in [6.45, 7) is 0.846. The van der Waals surface area contributed by atoms with Gasteiger partial charge in [-0.2, -0.15) is 4.98 Å². The van der Waals surface area contributed by atoms with Crippen LogP contribution in [0.15, 0.2) is 91.0 Å². The second-order valence-electron chi connectivity index (χ2n) is 8.25. The summed E-state index contributed by atoms with van der Waals surface area (Å²) in [5.74, 6) is 1.33. The summed E-state index contributed by atoms with van der Waals surface area (Å²) in [6, 6.07) is 30.2. The van der Waals surface area contributed by atoms with Gasteiger partial charge in [0.1, 0.15) is 19.0 Å². The molecule has 164 valence electrons. The van der Waals surface area contributed by atoms with E-state index in [4.69, 9.17) is 14.5 Å². The van der Waals surface area contributed by atoms with Gasteiger partial charge in [0.25, 0.3) is 0 Å². The molecular weight excluding hydrogens is 410 g/mol. The van der Waals surface area contributed by atoms with Crippen LogP contribution >= 0.6 is 0 Å². The normalized spacial score (nSPS) is 12.8. The first-order chi connectivity index (χ1) is 16.2. The van der Waals surface area contributed by atoms with Gasteiger partial charge in [0.15, 0.2) is 0 Å². The molecule has 3 aromatic carbocycles. The van der Waals surface area contributed by atoms with Gasteiger partial charge in [0.2, 0.25) is 11.8 Å². The van der Waals surface area contributed by atoms with E-state index in [9.17, 15) is 4.79 Å². The topological polar surface area (TPSA) is 48.4 Å². The number of aryl methyl sites for hydroxylation is 1. The fourth-order valence-corrected chi connectivity index (χ4v) is 4.07. The molecule has 0 aliphatic heterocycles. The number of Topliss-reactive ketones (excluding diaryl/α,β-unsaturated/α-hetero) is 1. The van der Waals surface area contributed by atoms with Crippen molar-refractivity contribution in [1.82, 2.24) is 4.98 Å². The molecule has 0 spiro atoms. The van der Waals surface area contributed by atoms with Gasteiger partial charge in [-0.05, 0) is 40.3 Å². The van der Waals surface area contributed by atoms with Gasteiger partial charge in [0.05, 0.1) is 0 Å². The van der Waals surface area contributed by atoms with E-state index in [2.05, 4.69) is 18.2 Å². The van der Waals surface area contributed by atoms with Crippen molar-refractivity contribution < 1.29 is 14.3 Å². The average molecular weight is 436 g/mol. The summed E-state index contributed by atoms with van der Waals surface area (Å²) in [5.41, 5.74) is 6.38. The maximum atomic E-state index is 12.0. The molecular formula is C29H25NO3. The number of ketones is 1. The number of nitrogens with zero attached hydrogens (tertiary/aromatic N) is 1. The molecule has 0 unspecified atom stereocenters. The molecule has 0 bridgehead atoms. The van der Waals surface area contributed by atoms with Crippen LogP contribution in [0.3, 0.4) is 0 Å². The number of rotatable bonds is 7. The van der Waals surface area contributed by atoms with Crippen LogP contribution in [0.4, 0.5) is 0 Å². The van der Waals surface area contributed by atoms with E-state index in [1.54, 1.807) is 0 Å². The van der Waals surface area contributed by atoms with E-state index >= 15 is 0 Å². The lowest BCUT2D eigenvalue weighted by molar-refractivity contribution is -0.118. The van der Waals surface area contributed by atoms with Gasteiger partial charge in [-0.25, -0.2) is 0 Å². The molecule has 1 aliphatic rings. The Bertz CT molecular complexity index is 1250. The van der Waals surface area contributed by atoms with Crippen LogP contribution in [0.2, 0.25) is 0 Å². The molecule has 0 saturated carbocycles. The molecule has 0 N–H and O–H groups in total. The summed E-state index contributed by atoms with van der Waals surface area (Å²) in [5, 5.41) is 0. The second kappa shape index (κ2) is 9.70. The summed E-state index contributed by atoms with van der Waals surface area (Å²) >= 11 is 0. The van der Waals surface area contributed by atoms with Crippen LogP contribution in [0.25, 0.3) is 11.1 Å². The van der Waals surface area contributed by atoms with Crippen molar-refractivity contribution in [2.45, 2.75) is 32.5 Å². The Balaban J connectivity index is 1.44. The van der Waals surface area contributed by atoms with Crippen molar-refractivity contribution in [1.29, 1.82) is 0 Å². The van der Waals surface area contributed by atoms with Crippen molar-refractivity contribution in [3.05, 3.63) is 113 Å². The van der Waals surface area contributed by atoms with E-state index in [0.717, 1.165) is 34.2 Å². The van der Waals surface area contributed by atoms with Crippen molar-refractivity contribution in [3.8, 4) is 22.9 Å². The predicted octanol–water partition coefficient (Wildman–Crippen LogP) is 5.96. The van der Waals surface area contributed by atoms with E-state index in [1.165, 1.54) is 5.56 Å². The fourth-order valence-electron chi connectivity index (χ4n) is 4.07. The molecule has 1 heterocycles. The third-order valence-electron chi connectivity index (χ3n) is 5.86. The molecule has 5 rings (SSSR count). The molecule has 0 saturated heterocycles. The SMILES string of the molecule is O=C1CCc2ccc(-c3ccc(OCc4ccccc4)nc3OCc3ccccc3)cc2C1. The van der Waals surface area contributed by atoms with E-state index < -0.39 is 0 Å². The van der Waals surface area contributed by atoms with Gasteiger partial charge in [0, 0.05) is 24.5 Å². The van der Waals surface area contributed by atoms with Gasteiger partial charge >= 0.3 is 0 Å². The third kappa shape index (κ3) is 5.12. The summed E-state index contributed by atoms with van der Waals surface area (Å²) in [6.07, 6.45) is 1.94. The highest BCUT2D eigenvalue weighted by Crippen LogP contribution is 2.34. The van der Waals surface area contributed by atoms with E-state index in [1.807, 2.05) is 72.8 Å². The first-order valence-corrected chi connectivity index (χ1v) is 11.2. The highest BCUT2D eigenvalue weighted by atomic mass is 16.5. The molecule has 0 amide bonds. The minimum atomic E-state index is 0.294. The highest BCUT2D eigenvalue weighted by Gasteiger charge is 2.18. The zero-order chi connectivity index (χ0) is 22.5.